The van der Waals surface area contributed by atoms with Crippen molar-refractivity contribution in [3.8, 4) is 11.5 Å². The molecule has 2 heterocycles. The number of benzene rings is 3. The van der Waals surface area contributed by atoms with Crippen LogP contribution in [0.3, 0.4) is 0 Å². The van der Waals surface area contributed by atoms with E-state index in [1.165, 1.54) is 11.3 Å². The Morgan fingerprint density at radius 1 is 1.00 bits per heavy atom. The molecule has 3 aromatic carbocycles. The van der Waals surface area contributed by atoms with Crippen molar-refractivity contribution < 1.29 is 19.0 Å². The molecule has 1 aromatic heterocycles. The van der Waals surface area contributed by atoms with Crippen LogP contribution in [-0.2, 0) is 16.1 Å². The van der Waals surface area contributed by atoms with E-state index in [-0.39, 0.29) is 12.2 Å². The third kappa shape index (κ3) is 5.28. The number of methoxy groups -OCH3 is 1. The lowest BCUT2D eigenvalue weighted by atomic mass is 9.95. The molecule has 1 aliphatic heterocycles. The van der Waals surface area contributed by atoms with Crippen molar-refractivity contribution >= 4 is 23.4 Å². The van der Waals surface area contributed by atoms with E-state index in [4.69, 9.17) is 14.2 Å². The predicted octanol–water partition coefficient (Wildman–Crippen LogP) is 4.39. The Balaban J connectivity index is 1.63. The van der Waals surface area contributed by atoms with Gasteiger partial charge in [-0.2, -0.15) is 0 Å². The van der Waals surface area contributed by atoms with E-state index in [1.807, 2.05) is 84.9 Å². The molecule has 0 radical (unpaired) electrons. The van der Waals surface area contributed by atoms with Crippen molar-refractivity contribution in [3.05, 3.63) is 127 Å². The molecule has 0 saturated carbocycles. The minimum absolute atomic E-state index is 0.207. The van der Waals surface area contributed by atoms with Crippen LogP contribution in [0.5, 0.6) is 11.5 Å². The van der Waals surface area contributed by atoms with Crippen LogP contribution in [0.2, 0.25) is 0 Å². The number of hydrogen-bond donors (Lipinski definition) is 0. The Kier molecular flexibility index (Phi) is 7.74. The van der Waals surface area contributed by atoms with Gasteiger partial charge in [0.15, 0.2) is 4.80 Å². The summed E-state index contributed by atoms with van der Waals surface area (Å²) in [6.45, 7) is 4.12. The van der Waals surface area contributed by atoms with E-state index >= 15 is 0 Å². The van der Waals surface area contributed by atoms with E-state index in [0.717, 1.165) is 11.1 Å². The number of carbonyl (C=O) groups excluding carboxylic acids is 1. The van der Waals surface area contributed by atoms with Crippen LogP contribution < -0.4 is 24.4 Å². The summed E-state index contributed by atoms with van der Waals surface area (Å²) in [4.78, 5) is 32.2. The molecule has 1 unspecified atom stereocenters. The summed E-state index contributed by atoms with van der Waals surface area (Å²) in [5.41, 5.74) is 3.05. The minimum Gasteiger partial charge on any atom is -0.496 e. The number of aromatic nitrogens is 1. The van der Waals surface area contributed by atoms with Gasteiger partial charge in [-0.25, -0.2) is 9.79 Å². The number of hydrogen-bond acceptors (Lipinski definition) is 7. The highest BCUT2D eigenvalue weighted by Crippen LogP contribution is 2.35. The van der Waals surface area contributed by atoms with Gasteiger partial charge in [-0.3, -0.25) is 9.36 Å². The van der Waals surface area contributed by atoms with Gasteiger partial charge in [-0.1, -0.05) is 78.1 Å². The highest BCUT2D eigenvalue weighted by Gasteiger charge is 2.34. The molecule has 7 nitrogen and oxygen atoms in total. The number of esters is 1. The molecule has 0 bridgehead atoms. The van der Waals surface area contributed by atoms with Gasteiger partial charge in [0.1, 0.15) is 24.1 Å². The second-order valence-corrected chi connectivity index (χ2v) is 9.87. The number of nitrogens with zero attached hydrogens (tertiary/aromatic N) is 2. The van der Waals surface area contributed by atoms with Crippen LogP contribution in [-0.4, -0.2) is 24.3 Å². The number of ether oxygens (including phenoxy) is 3. The quantitative estimate of drug-likeness (QED) is 0.310. The normalized spacial score (nSPS) is 14.9. The Hall–Kier alpha value is -4.43. The Labute approximate surface area is 229 Å². The first kappa shape index (κ1) is 26.2. The third-order valence-electron chi connectivity index (χ3n) is 6.39. The molecule has 0 saturated heterocycles. The smallest absolute Gasteiger partial charge is 0.338 e. The number of para-hydroxylation sites is 2. The highest BCUT2D eigenvalue weighted by molar-refractivity contribution is 7.07. The van der Waals surface area contributed by atoms with E-state index in [1.54, 1.807) is 25.5 Å². The molecule has 4 aromatic rings. The monoisotopic (exact) mass is 540 g/mol. The number of allylic oxidation sites excluding steroid dienone is 1. The van der Waals surface area contributed by atoms with Crippen LogP contribution in [0.4, 0.5) is 0 Å². The van der Waals surface area contributed by atoms with Crippen molar-refractivity contribution in [2.45, 2.75) is 26.5 Å². The number of rotatable bonds is 8. The van der Waals surface area contributed by atoms with Gasteiger partial charge in [-0.15, -0.1) is 0 Å². The fourth-order valence-electron chi connectivity index (χ4n) is 4.59. The van der Waals surface area contributed by atoms with Gasteiger partial charge in [0.2, 0.25) is 0 Å². The second kappa shape index (κ2) is 11.5. The summed E-state index contributed by atoms with van der Waals surface area (Å²) in [5.74, 6) is 0.716. The largest absolute Gasteiger partial charge is 0.496 e. The fraction of sp³-hybridized carbons (Fsp3) is 0.194. The summed E-state index contributed by atoms with van der Waals surface area (Å²) >= 11 is 1.27. The van der Waals surface area contributed by atoms with Crippen LogP contribution in [0.1, 0.15) is 36.6 Å². The lowest BCUT2D eigenvalue weighted by Gasteiger charge is -2.25. The lowest BCUT2D eigenvalue weighted by Crippen LogP contribution is -2.40. The Bertz CT molecular complexity index is 1720. The average molecular weight is 541 g/mol. The van der Waals surface area contributed by atoms with Crippen LogP contribution in [0.15, 0.2) is 99.9 Å². The zero-order chi connectivity index (χ0) is 27.4. The zero-order valence-corrected chi connectivity index (χ0v) is 22.7. The molecule has 0 N–H and O–H groups in total. The van der Waals surface area contributed by atoms with E-state index in [9.17, 15) is 9.59 Å². The van der Waals surface area contributed by atoms with Gasteiger partial charge < -0.3 is 14.2 Å². The lowest BCUT2D eigenvalue weighted by molar-refractivity contribution is -0.139. The van der Waals surface area contributed by atoms with Crippen molar-refractivity contribution in [1.82, 2.24) is 4.57 Å². The van der Waals surface area contributed by atoms with Gasteiger partial charge in [0, 0.05) is 11.1 Å². The van der Waals surface area contributed by atoms with Gasteiger partial charge >= 0.3 is 5.97 Å². The summed E-state index contributed by atoms with van der Waals surface area (Å²) in [6.07, 6.45) is 1.81. The predicted molar refractivity (Wildman–Crippen MR) is 151 cm³/mol. The molecule has 1 aliphatic rings. The summed E-state index contributed by atoms with van der Waals surface area (Å²) in [7, 11) is 1.57. The molecule has 1 atom stereocenters. The van der Waals surface area contributed by atoms with Crippen molar-refractivity contribution in [1.29, 1.82) is 0 Å². The standard InChI is InChI=1S/C31H28N2O5S/c1-4-37-30(35)27-20(2)32-31-33(28(27)23-15-9-11-17-25(23)36-3)29(34)26(39-31)18-22-14-8-10-16-24(22)38-19-21-12-6-5-7-13-21/h5-18,28H,4,19H2,1-3H3/b26-18+. The van der Waals surface area contributed by atoms with Crippen molar-refractivity contribution in [2.24, 2.45) is 4.99 Å². The van der Waals surface area contributed by atoms with E-state index in [0.29, 0.717) is 44.3 Å². The molecule has 5 rings (SSSR count). The summed E-state index contributed by atoms with van der Waals surface area (Å²) < 4.78 is 19.1. The fourth-order valence-corrected chi connectivity index (χ4v) is 5.62. The summed E-state index contributed by atoms with van der Waals surface area (Å²) in [5, 5.41) is 0. The topological polar surface area (TPSA) is 79.1 Å². The van der Waals surface area contributed by atoms with Gasteiger partial charge in [0.05, 0.1) is 29.5 Å². The maximum absolute atomic E-state index is 14.0. The second-order valence-electron chi connectivity index (χ2n) is 8.86. The number of carbonyl (C=O) groups is 1. The highest BCUT2D eigenvalue weighted by atomic mass is 32.1. The first-order valence-electron chi connectivity index (χ1n) is 12.6. The molecule has 0 amide bonds. The molecule has 198 valence electrons. The Morgan fingerprint density at radius 2 is 1.69 bits per heavy atom. The maximum Gasteiger partial charge on any atom is 0.338 e. The van der Waals surface area contributed by atoms with Gasteiger partial charge in [-0.05, 0) is 37.6 Å². The molecule has 39 heavy (non-hydrogen) atoms. The minimum atomic E-state index is -0.747. The molecule has 8 heteroatoms. The molecule has 0 spiro atoms. The average Bonchev–Trinajstić information content (AvgIpc) is 3.26. The molecule has 0 fully saturated rings. The molecular formula is C31H28N2O5S. The Morgan fingerprint density at radius 3 is 2.44 bits per heavy atom. The van der Waals surface area contributed by atoms with E-state index < -0.39 is 12.0 Å². The van der Waals surface area contributed by atoms with E-state index in [2.05, 4.69) is 4.99 Å². The molecule has 0 aliphatic carbocycles. The van der Waals surface area contributed by atoms with Crippen molar-refractivity contribution in [2.75, 3.05) is 13.7 Å². The first-order chi connectivity index (χ1) is 19.0. The first-order valence-corrected chi connectivity index (χ1v) is 13.4. The number of fused-ring (bicyclic) bond motifs is 1. The summed E-state index contributed by atoms with van der Waals surface area (Å²) in [6, 6.07) is 24.1. The maximum atomic E-state index is 14.0. The molecular weight excluding hydrogens is 512 g/mol. The van der Waals surface area contributed by atoms with Crippen molar-refractivity contribution in [3.63, 3.8) is 0 Å². The van der Waals surface area contributed by atoms with Crippen LogP contribution in [0.25, 0.3) is 6.08 Å². The zero-order valence-electron chi connectivity index (χ0n) is 21.9. The SMILES string of the molecule is CCOC(=O)C1=C(C)N=c2s/c(=C/c3ccccc3OCc3ccccc3)c(=O)n2C1c1ccccc1OC. The third-order valence-corrected chi connectivity index (χ3v) is 7.38. The van der Waals surface area contributed by atoms with Crippen LogP contribution in [0, 0.1) is 0 Å². The number of thiazole rings is 1. The van der Waals surface area contributed by atoms with Crippen LogP contribution >= 0.6 is 11.3 Å². The van der Waals surface area contributed by atoms with Gasteiger partial charge in [0.25, 0.3) is 5.56 Å².